The van der Waals surface area contributed by atoms with Crippen LogP contribution in [0.1, 0.15) is 20.8 Å². The molecule has 1 aliphatic rings. The molecule has 2 heterocycles. The van der Waals surface area contributed by atoms with Gasteiger partial charge in [0.15, 0.2) is 5.82 Å². The molecule has 0 spiro atoms. The lowest BCUT2D eigenvalue weighted by Crippen LogP contribution is -2.50. The van der Waals surface area contributed by atoms with Crippen molar-refractivity contribution >= 4 is 15.8 Å². The van der Waals surface area contributed by atoms with Crippen LogP contribution in [0.15, 0.2) is 11.1 Å². The standard InChI is InChI=1S/C11H20N4O3S/c1-4-14-6-10(11(12)13-14)19(16,17)15-5-9(3)18-7-8(15)2/h6,8-9H,4-5,7H2,1-3H3,(H2,12,13). The van der Waals surface area contributed by atoms with E-state index in [4.69, 9.17) is 10.5 Å². The number of nitrogens with zero attached hydrogens (tertiary/aromatic N) is 3. The van der Waals surface area contributed by atoms with E-state index < -0.39 is 10.0 Å². The zero-order valence-electron chi connectivity index (χ0n) is 11.4. The number of aromatic nitrogens is 2. The summed E-state index contributed by atoms with van der Waals surface area (Å²) in [6, 6.07) is -0.203. The van der Waals surface area contributed by atoms with Gasteiger partial charge in [0.25, 0.3) is 0 Å². The molecule has 2 unspecified atom stereocenters. The van der Waals surface area contributed by atoms with Crippen LogP contribution < -0.4 is 5.73 Å². The minimum Gasteiger partial charge on any atom is -0.381 e. The van der Waals surface area contributed by atoms with Gasteiger partial charge < -0.3 is 10.5 Å². The van der Waals surface area contributed by atoms with Crippen LogP contribution in [-0.4, -0.2) is 47.8 Å². The van der Waals surface area contributed by atoms with E-state index >= 15 is 0 Å². The lowest BCUT2D eigenvalue weighted by Gasteiger charge is -2.35. The fourth-order valence-corrected chi connectivity index (χ4v) is 3.87. The highest BCUT2D eigenvalue weighted by molar-refractivity contribution is 7.89. The quantitative estimate of drug-likeness (QED) is 0.863. The summed E-state index contributed by atoms with van der Waals surface area (Å²) < 4.78 is 33.7. The van der Waals surface area contributed by atoms with Crippen molar-refractivity contribution in [3.05, 3.63) is 6.20 Å². The Morgan fingerprint density at radius 1 is 1.53 bits per heavy atom. The molecule has 1 fully saturated rings. The highest BCUT2D eigenvalue weighted by Crippen LogP contribution is 2.25. The van der Waals surface area contributed by atoms with Crippen molar-refractivity contribution in [2.24, 2.45) is 0 Å². The summed E-state index contributed by atoms with van der Waals surface area (Å²) in [5.74, 6) is 0.0493. The predicted octanol–water partition coefficient (Wildman–Crippen LogP) is 0.283. The molecular weight excluding hydrogens is 268 g/mol. The Morgan fingerprint density at radius 2 is 2.21 bits per heavy atom. The van der Waals surface area contributed by atoms with Crippen molar-refractivity contribution in [1.29, 1.82) is 0 Å². The Morgan fingerprint density at radius 3 is 2.79 bits per heavy atom. The molecule has 0 bridgehead atoms. The summed E-state index contributed by atoms with van der Waals surface area (Å²) in [4.78, 5) is 0.0790. The van der Waals surface area contributed by atoms with Gasteiger partial charge in [0.05, 0.1) is 12.7 Å². The molecule has 1 aromatic heterocycles. The molecule has 19 heavy (non-hydrogen) atoms. The van der Waals surface area contributed by atoms with Gasteiger partial charge in [-0.05, 0) is 20.8 Å². The van der Waals surface area contributed by atoms with E-state index in [0.717, 1.165) is 0 Å². The molecule has 1 aliphatic heterocycles. The number of nitrogens with two attached hydrogens (primary N) is 1. The van der Waals surface area contributed by atoms with Gasteiger partial charge in [0.1, 0.15) is 4.90 Å². The first-order valence-corrected chi connectivity index (χ1v) is 7.76. The van der Waals surface area contributed by atoms with E-state index in [1.54, 1.807) is 0 Å². The Bertz CT molecular complexity index is 554. The molecule has 108 valence electrons. The van der Waals surface area contributed by atoms with Crippen molar-refractivity contribution < 1.29 is 13.2 Å². The van der Waals surface area contributed by atoms with E-state index in [1.807, 2.05) is 20.8 Å². The molecular formula is C11H20N4O3S. The third-order valence-electron chi connectivity index (χ3n) is 3.22. The topological polar surface area (TPSA) is 90.5 Å². The SMILES string of the molecule is CCn1cc(S(=O)(=O)N2CC(C)OCC2C)c(N)n1. The highest BCUT2D eigenvalue weighted by atomic mass is 32.2. The van der Waals surface area contributed by atoms with Crippen molar-refractivity contribution in [1.82, 2.24) is 14.1 Å². The Hall–Kier alpha value is -1.12. The Balaban J connectivity index is 2.37. The number of sulfonamides is 1. The number of rotatable bonds is 3. The first kappa shape index (κ1) is 14.3. The number of anilines is 1. The van der Waals surface area contributed by atoms with Crippen LogP contribution >= 0.6 is 0 Å². The van der Waals surface area contributed by atoms with E-state index in [1.165, 1.54) is 15.2 Å². The van der Waals surface area contributed by atoms with E-state index in [-0.39, 0.29) is 22.9 Å². The molecule has 1 aromatic rings. The second-order valence-corrected chi connectivity index (χ2v) is 6.66. The minimum absolute atomic E-state index is 0.0493. The highest BCUT2D eigenvalue weighted by Gasteiger charge is 2.36. The van der Waals surface area contributed by atoms with Gasteiger partial charge in [-0.3, -0.25) is 4.68 Å². The maximum atomic E-state index is 12.6. The Kier molecular flexibility index (Phi) is 3.84. The lowest BCUT2D eigenvalue weighted by atomic mass is 10.2. The van der Waals surface area contributed by atoms with Crippen LogP contribution in [0.3, 0.4) is 0 Å². The summed E-state index contributed by atoms with van der Waals surface area (Å²) in [5, 5.41) is 3.99. The van der Waals surface area contributed by atoms with Crippen LogP contribution in [0.4, 0.5) is 5.82 Å². The number of aryl methyl sites for hydroxylation is 1. The molecule has 7 nitrogen and oxygen atoms in total. The van der Waals surface area contributed by atoms with Crippen molar-refractivity contribution in [3.63, 3.8) is 0 Å². The van der Waals surface area contributed by atoms with Gasteiger partial charge in [-0.15, -0.1) is 0 Å². The maximum absolute atomic E-state index is 12.6. The fourth-order valence-electron chi connectivity index (χ4n) is 2.11. The molecule has 0 radical (unpaired) electrons. The van der Waals surface area contributed by atoms with E-state index in [2.05, 4.69) is 5.10 Å². The average Bonchev–Trinajstić information content (AvgIpc) is 2.74. The van der Waals surface area contributed by atoms with Gasteiger partial charge in [-0.25, -0.2) is 8.42 Å². The minimum atomic E-state index is -3.62. The number of hydrogen-bond acceptors (Lipinski definition) is 5. The zero-order chi connectivity index (χ0) is 14.2. The number of nitrogen functional groups attached to an aromatic ring is 1. The van der Waals surface area contributed by atoms with E-state index in [0.29, 0.717) is 19.7 Å². The predicted molar refractivity (Wildman–Crippen MR) is 71.1 cm³/mol. The molecule has 0 saturated carbocycles. The molecule has 0 aliphatic carbocycles. The van der Waals surface area contributed by atoms with Crippen LogP contribution in [0.25, 0.3) is 0 Å². The average molecular weight is 288 g/mol. The van der Waals surface area contributed by atoms with Gasteiger partial charge in [-0.2, -0.15) is 9.40 Å². The van der Waals surface area contributed by atoms with Gasteiger partial charge in [-0.1, -0.05) is 0 Å². The monoisotopic (exact) mass is 288 g/mol. The third kappa shape index (κ3) is 2.60. The van der Waals surface area contributed by atoms with Crippen molar-refractivity contribution in [3.8, 4) is 0 Å². The smallest absolute Gasteiger partial charge is 0.248 e. The van der Waals surface area contributed by atoms with Crippen LogP contribution in [-0.2, 0) is 21.3 Å². The molecule has 2 N–H and O–H groups in total. The third-order valence-corrected chi connectivity index (χ3v) is 5.21. The van der Waals surface area contributed by atoms with Crippen LogP contribution in [0.5, 0.6) is 0 Å². The summed E-state index contributed by atoms with van der Waals surface area (Å²) in [6.45, 7) is 6.86. The second kappa shape index (κ2) is 5.10. The number of morpholine rings is 1. The van der Waals surface area contributed by atoms with Crippen molar-refractivity contribution in [2.45, 2.75) is 44.4 Å². The summed E-state index contributed by atoms with van der Waals surface area (Å²) >= 11 is 0. The van der Waals surface area contributed by atoms with Crippen LogP contribution in [0.2, 0.25) is 0 Å². The lowest BCUT2D eigenvalue weighted by molar-refractivity contribution is -0.0170. The molecule has 8 heteroatoms. The number of hydrogen-bond donors (Lipinski definition) is 1. The largest absolute Gasteiger partial charge is 0.381 e. The molecule has 0 amide bonds. The fraction of sp³-hybridized carbons (Fsp3) is 0.727. The molecule has 2 rings (SSSR count). The van der Waals surface area contributed by atoms with Crippen LogP contribution in [0, 0.1) is 0 Å². The summed E-state index contributed by atoms with van der Waals surface area (Å²) in [7, 11) is -3.62. The zero-order valence-corrected chi connectivity index (χ0v) is 12.2. The van der Waals surface area contributed by atoms with Gasteiger partial charge >= 0.3 is 0 Å². The molecule has 1 saturated heterocycles. The van der Waals surface area contributed by atoms with Gasteiger partial charge in [0, 0.05) is 25.3 Å². The molecule has 0 aromatic carbocycles. The summed E-state index contributed by atoms with van der Waals surface area (Å²) in [5.41, 5.74) is 5.72. The summed E-state index contributed by atoms with van der Waals surface area (Å²) in [6.07, 6.45) is 1.37. The first-order valence-electron chi connectivity index (χ1n) is 6.32. The normalized spacial score (nSPS) is 25.6. The molecule has 2 atom stereocenters. The van der Waals surface area contributed by atoms with E-state index in [9.17, 15) is 8.42 Å². The van der Waals surface area contributed by atoms with Gasteiger partial charge in [0.2, 0.25) is 10.0 Å². The Labute approximate surface area is 113 Å². The second-order valence-electron chi connectivity index (χ2n) is 4.80. The first-order chi connectivity index (χ1) is 8.86. The maximum Gasteiger partial charge on any atom is 0.248 e. The number of ether oxygens (including phenoxy) is 1. The van der Waals surface area contributed by atoms with Crippen molar-refractivity contribution in [2.75, 3.05) is 18.9 Å².